The number of hydrogen-bond donors (Lipinski definition) is 0. The lowest BCUT2D eigenvalue weighted by molar-refractivity contribution is -0.127. The van der Waals surface area contributed by atoms with Gasteiger partial charge >= 0.3 is 6.03 Å². The summed E-state index contributed by atoms with van der Waals surface area (Å²) in [5, 5.41) is 7.76. The van der Waals surface area contributed by atoms with Gasteiger partial charge in [0.1, 0.15) is 12.6 Å². The van der Waals surface area contributed by atoms with Crippen molar-refractivity contribution in [2.24, 2.45) is 0 Å². The quantitative estimate of drug-likeness (QED) is 0.679. The van der Waals surface area contributed by atoms with Crippen molar-refractivity contribution in [1.29, 1.82) is 0 Å². The van der Waals surface area contributed by atoms with Gasteiger partial charge in [-0.15, -0.1) is 10.2 Å². The molecule has 1 atom stereocenters. The molecule has 0 N–H and O–H groups in total. The van der Waals surface area contributed by atoms with Crippen molar-refractivity contribution < 1.29 is 18.4 Å². The van der Waals surface area contributed by atoms with E-state index in [-0.39, 0.29) is 24.2 Å². The molecule has 3 heterocycles. The molecule has 0 unspecified atom stereocenters. The summed E-state index contributed by atoms with van der Waals surface area (Å²) in [4.78, 5) is 27.7. The fourth-order valence-corrected chi connectivity index (χ4v) is 2.75. The number of hydrogen-bond acceptors (Lipinski definition) is 6. The maximum Gasteiger partial charge on any atom is 0.332 e. The molecular weight excluding hydrogens is 324 g/mol. The first-order valence-electron chi connectivity index (χ1n) is 7.71. The second kappa shape index (κ2) is 5.90. The van der Waals surface area contributed by atoms with Crippen molar-refractivity contribution in [3.05, 3.63) is 54.6 Å². The molecule has 3 amide bonds. The van der Waals surface area contributed by atoms with Gasteiger partial charge in [0.15, 0.2) is 5.76 Å². The van der Waals surface area contributed by atoms with Gasteiger partial charge in [-0.25, -0.2) is 4.79 Å². The normalized spacial score (nSPS) is 17.6. The highest BCUT2D eigenvalue weighted by Gasteiger charge is 2.43. The molecule has 126 valence electrons. The van der Waals surface area contributed by atoms with Gasteiger partial charge in [-0.1, -0.05) is 18.2 Å². The number of imide groups is 1. The Hall–Kier alpha value is -3.42. The fraction of sp³-hybridized carbons (Fsp3) is 0.176. The standard InChI is InChI=1S/C17H14N4O4/c1-11-16(22)20(17(23)21(11)12-6-3-2-4-7-12)10-14-18-19-15(25-14)13-8-5-9-24-13/h2-9,11H,10H2,1H3/t11-/m0/s1. The molecular formula is C17H14N4O4. The van der Waals surface area contributed by atoms with Gasteiger partial charge in [0.25, 0.3) is 11.8 Å². The number of benzene rings is 1. The number of urea groups is 1. The first-order chi connectivity index (χ1) is 12.1. The Kier molecular flexibility index (Phi) is 3.57. The first kappa shape index (κ1) is 15.1. The van der Waals surface area contributed by atoms with E-state index in [1.165, 1.54) is 11.2 Å². The SMILES string of the molecule is C[C@H]1C(=O)N(Cc2nnc(-c3ccco3)o2)C(=O)N1c1ccccc1. The topological polar surface area (TPSA) is 92.7 Å². The number of furan rings is 1. The Morgan fingerprint density at radius 3 is 2.60 bits per heavy atom. The van der Waals surface area contributed by atoms with E-state index >= 15 is 0 Å². The van der Waals surface area contributed by atoms with E-state index in [0.717, 1.165) is 4.90 Å². The number of para-hydroxylation sites is 1. The number of carbonyl (C=O) groups excluding carboxylic acids is 2. The maximum atomic E-state index is 12.7. The van der Waals surface area contributed by atoms with Crippen LogP contribution in [-0.4, -0.2) is 33.1 Å². The van der Waals surface area contributed by atoms with Crippen LogP contribution in [0.3, 0.4) is 0 Å². The molecule has 0 saturated carbocycles. The van der Waals surface area contributed by atoms with Crippen molar-refractivity contribution in [3.8, 4) is 11.7 Å². The highest BCUT2D eigenvalue weighted by Crippen LogP contribution is 2.27. The predicted molar refractivity (Wildman–Crippen MR) is 86.3 cm³/mol. The van der Waals surface area contributed by atoms with Crippen molar-refractivity contribution in [2.75, 3.05) is 4.90 Å². The van der Waals surface area contributed by atoms with E-state index in [4.69, 9.17) is 8.83 Å². The molecule has 1 fully saturated rings. The zero-order chi connectivity index (χ0) is 17.4. The van der Waals surface area contributed by atoms with E-state index in [1.807, 2.05) is 18.2 Å². The van der Waals surface area contributed by atoms with Gasteiger partial charge in [-0.2, -0.15) is 0 Å². The van der Waals surface area contributed by atoms with Crippen molar-refractivity contribution in [3.63, 3.8) is 0 Å². The van der Waals surface area contributed by atoms with Crippen molar-refractivity contribution >= 4 is 17.6 Å². The number of amides is 3. The summed E-state index contributed by atoms with van der Waals surface area (Å²) in [6.45, 7) is 1.61. The maximum absolute atomic E-state index is 12.7. The minimum Gasteiger partial charge on any atom is -0.459 e. The van der Waals surface area contributed by atoms with Crippen LogP contribution < -0.4 is 4.90 Å². The largest absolute Gasteiger partial charge is 0.459 e. The fourth-order valence-electron chi connectivity index (χ4n) is 2.75. The highest BCUT2D eigenvalue weighted by atomic mass is 16.4. The summed E-state index contributed by atoms with van der Waals surface area (Å²) in [5.74, 6) is 0.478. The van der Waals surface area contributed by atoms with Crippen LogP contribution in [-0.2, 0) is 11.3 Å². The van der Waals surface area contributed by atoms with E-state index in [9.17, 15) is 9.59 Å². The summed E-state index contributed by atoms with van der Waals surface area (Å²) in [7, 11) is 0. The average molecular weight is 338 g/mol. The Bertz CT molecular complexity index is 904. The molecule has 4 rings (SSSR count). The lowest BCUT2D eigenvalue weighted by atomic mass is 10.2. The van der Waals surface area contributed by atoms with Gasteiger partial charge in [-0.3, -0.25) is 14.6 Å². The minimum atomic E-state index is -0.595. The summed E-state index contributed by atoms with van der Waals surface area (Å²) in [6.07, 6.45) is 1.49. The van der Waals surface area contributed by atoms with E-state index < -0.39 is 12.1 Å². The molecule has 0 spiro atoms. The predicted octanol–water partition coefficient (Wildman–Crippen LogP) is 2.69. The van der Waals surface area contributed by atoms with E-state index in [2.05, 4.69) is 10.2 Å². The second-order valence-corrected chi connectivity index (χ2v) is 5.57. The first-order valence-corrected chi connectivity index (χ1v) is 7.71. The Labute approximate surface area is 142 Å². The molecule has 0 bridgehead atoms. The molecule has 0 aliphatic carbocycles. The third-order valence-electron chi connectivity index (χ3n) is 3.97. The molecule has 0 radical (unpaired) electrons. The number of aromatic nitrogens is 2. The van der Waals surface area contributed by atoms with Gasteiger partial charge < -0.3 is 8.83 Å². The summed E-state index contributed by atoms with van der Waals surface area (Å²) < 4.78 is 10.7. The molecule has 25 heavy (non-hydrogen) atoms. The van der Waals surface area contributed by atoms with Crippen molar-refractivity contribution in [1.82, 2.24) is 15.1 Å². The van der Waals surface area contributed by atoms with Gasteiger partial charge in [0.2, 0.25) is 5.89 Å². The molecule has 1 saturated heterocycles. The molecule has 8 nitrogen and oxygen atoms in total. The molecule has 1 aromatic carbocycles. The summed E-state index contributed by atoms with van der Waals surface area (Å²) >= 11 is 0. The van der Waals surface area contributed by atoms with Crippen LogP contribution in [0, 0.1) is 0 Å². The van der Waals surface area contributed by atoms with Gasteiger partial charge in [0.05, 0.1) is 6.26 Å². The molecule has 8 heteroatoms. The van der Waals surface area contributed by atoms with Crippen LogP contribution in [0.2, 0.25) is 0 Å². The number of nitrogens with zero attached hydrogens (tertiary/aromatic N) is 4. The summed E-state index contributed by atoms with van der Waals surface area (Å²) in [6, 6.07) is 11.4. The zero-order valence-corrected chi connectivity index (χ0v) is 13.3. The minimum absolute atomic E-state index is 0.0843. The molecule has 1 aliphatic heterocycles. The van der Waals surface area contributed by atoms with Gasteiger partial charge in [-0.05, 0) is 31.2 Å². The van der Waals surface area contributed by atoms with Crippen LogP contribution in [0.1, 0.15) is 12.8 Å². The highest BCUT2D eigenvalue weighted by molar-refractivity contribution is 6.13. The van der Waals surface area contributed by atoms with Crippen molar-refractivity contribution in [2.45, 2.75) is 19.5 Å². The summed E-state index contributed by atoms with van der Waals surface area (Å²) in [5.41, 5.74) is 0.664. The second-order valence-electron chi connectivity index (χ2n) is 5.57. The van der Waals surface area contributed by atoms with Crippen LogP contribution >= 0.6 is 0 Å². The molecule has 1 aliphatic rings. The van der Waals surface area contributed by atoms with Crippen LogP contribution in [0.25, 0.3) is 11.7 Å². The third kappa shape index (κ3) is 2.57. The smallest absolute Gasteiger partial charge is 0.332 e. The number of anilines is 1. The Morgan fingerprint density at radius 1 is 1.08 bits per heavy atom. The lowest BCUT2D eigenvalue weighted by Crippen LogP contribution is -2.33. The van der Waals surface area contributed by atoms with Crippen LogP contribution in [0.5, 0.6) is 0 Å². The third-order valence-corrected chi connectivity index (χ3v) is 3.97. The van der Waals surface area contributed by atoms with Crippen LogP contribution in [0.15, 0.2) is 57.6 Å². The van der Waals surface area contributed by atoms with Gasteiger partial charge in [0, 0.05) is 5.69 Å². The zero-order valence-electron chi connectivity index (χ0n) is 13.3. The van der Waals surface area contributed by atoms with E-state index in [1.54, 1.807) is 31.2 Å². The lowest BCUT2D eigenvalue weighted by Gasteiger charge is -2.18. The average Bonchev–Trinajstić information content (AvgIpc) is 3.34. The molecule has 2 aromatic heterocycles. The molecule has 3 aromatic rings. The van der Waals surface area contributed by atoms with Crippen LogP contribution in [0.4, 0.5) is 10.5 Å². The Morgan fingerprint density at radius 2 is 1.88 bits per heavy atom. The number of rotatable bonds is 4. The monoisotopic (exact) mass is 338 g/mol. The number of carbonyl (C=O) groups is 2. The Balaban J connectivity index is 1.57. The van der Waals surface area contributed by atoms with E-state index in [0.29, 0.717) is 11.4 Å².